The van der Waals surface area contributed by atoms with Gasteiger partial charge in [0.1, 0.15) is 11.5 Å². The number of nitrogens with one attached hydrogen (secondary N) is 1. The van der Waals surface area contributed by atoms with Crippen LogP contribution in [0.5, 0.6) is 11.5 Å². The molecule has 1 amide bonds. The number of amides is 1. The van der Waals surface area contributed by atoms with Gasteiger partial charge in [-0.25, -0.2) is 8.42 Å². The highest BCUT2D eigenvalue weighted by atomic mass is 32.2. The van der Waals surface area contributed by atoms with Crippen LogP contribution in [0.4, 0.5) is 0 Å². The van der Waals surface area contributed by atoms with Gasteiger partial charge in [0, 0.05) is 25.1 Å². The van der Waals surface area contributed by atoms with E-state index in [1.807, 2.05) is 31.2 Å². The zero-order chi connectivity index (χ0) is 25.5. The Morgan fingerprint density at radius 3 is 2.58 bits per heavy atom. The fourth-order valence-electron chi connectivity index (χ4n) is 4.01. The first-order valence-electron chi connectivity index (χ1n) is 11.9. The van der Waals surface area contributed by atoms with Crippen molar-refractivity contribution in [3.63, 3.8) is 0 Å². The molecule has 36 heavy (non-hydrogen) atoms. The molecule has 1 saturated heterocycles. The lowest BCUT2D eigenvalue weighted by molar-refractivity contribution is -0.121. The summed E-state index contributed by atoms with van der Waals surface area (Å²) in [5.74, 6) is 1.77. The third-order valence-electron chi connectivity index (χ3n) is 5.90. The number of nitrogens with zero attached hydrogens (tertiary/aromatic N) is 3. The molecular formula is C25H30N4O6S. The summed E-state index contributed by atoms with van der Waals surface area (Å²) in [5, 5.41) is 6.73. The fourth-order valence-corrected chi connectivity index (χ4v) is 5.58. The Hall–Kier alpha value is -3.44. The van der Waals surface area contributed by atoms with Gasteiger partial charge in [-0.3, -0.25) is 4.79 Å². The Labute approximate surface area is 210 Å². The van der Waals surface area contributed by atoms with Crippen LogP contribution in [0.3, 0.4) is 0 Å². The predicted octanol–water partition coefficient (Wildman–Crippen LogP) is 3.18. The second-order valence-corrected chi connectivity index (χ2v) is 10.3. The van der Waals surface area contributed by atoms with Gasteiger partial charge in [-0.15, -0.1) is 0 Å². The summed E-state index contributed by atoms with van der Waals surface area (Å²) in [5.41, 5.74) is 1.43. The van der Waals surface area contributed by atoms with Gasteiger partial charge < -0.3 is 19.3 Å². The maximum absolute atomic E-state index is 12.9. The van der Waals surface area contributed by atoms with E-state index in [1.54, 1.807) is 18.2 Å². The van der Waals surface area contributed by atoms with Crippen molar-refractivity contribution in [1.82, 2.24) is 19.8 Å². The van der Waals surface area contributed by atoms with Gasteiger partial charge >= 0.3 is 0 Å². The van der Waals surface area contributed by atoms with Gasteiger partial charge in [-0.2, -0.15) is 9.29 Å². The van der Waals surface area contributed by atoms with Crippen LogP contribution in [0, 0.1) is 0 Å². The maximum atomic E-state index is 12.9. The van der Waals surface area contributed by atoms with Crippen LogP contribution in [0.25, 0.3) is 11.4 Å². The topological polar surface area (TPSA) is 124 Å². The van der Waals surface area contributed by atoms with Crippen LogP contribution in [-0.4, -0.2) is 55.6 Å². The van der Waals surface area contributed by atoms with E-state index in [9.17, 15) is 13.2 Å². The van der Waals surface area contributed by atoms with Crippen molar-refractivity contribution in [3.8, 4) is 22.9 Å². The summed E-state index contributed by atoms with van der Waals surface area (Å²) < 4.78 is 43.4. The van der Waals surface area contributed by atoms with Gasteiger partial charge in [0.05, 0.1) is 25.2 Å². The van der Waals surface area contributed by atoms with E-state index in [2.05, 4.69) is 15.5 Å². The van der Waals surface area contributed by atoms with Crippen molar-refractivity contribution < 1.29 is 27.2 Å². The number of carbonyl (C=O) groups is 1. The Kier molecular flexibility index (Phi) is 8.21. The Balaban J connectivity index is 1.34. The molecule has 10 nitrogen and oxygen atoms in total. The van der Waals surface area contributed by atoms with E-state index < -0.39 is 10.0 Å². The number of hydrogen-bond donors (Lipinski definition) is 1. The number of carbonyl (C=O) groups excluding carboxylic acids is 1. The minimum atomic E-state index is -3.55. The number of aromatic nitrogens is 2. The molecule has 1 aliphatic heterocycles. The first-order valence-corrected chi connectivity index (χ1v) is 13.3. The standard InChI is InChI=1S/C25H30N4O6S/c1-3-34-20-9-6-18(7-10-20)25-27-24(35-28-25)17-26-23(30)13-8-19-16-21(11-12-22(19)33-2)36(31,32)29-14-4-5-15-29/h6-7,9-12,16H,3-5,8,13-15,17H2,1-2H3,(H,26,30). The van der Waals surface area contributed by atoms with Crippen LogP contribution >= 0.6 is 0 Å². The average Bonchev–Trinajstić information content (AvgIpc) is 3.60. The first-order chi connectivity index (χ1) is 17.4. The van der Waals surface area contributed by atoms with Gasteiger partial charge in [0.2, 0.25) is 27.6 Å². The summed E-state index contributed by atoms with van der Waals surface area (Å²) in [6.45, 7) is 3.65. The molecule has 0 radical (unpaired) electrons. The Morgan fingerprint density at radius 1 is 1.14 bits per heavy atom. The molecule has 11 heteroatoms. The molecule has 192 valence electrons. The molecule has 0 spiro atoms. The summed E-state index contributed by atoms with van der Waals surface area (Å²) in [4.78, 5) is 17.0. The number of hydrogen-bond acceptors (Lipinski definition) is 8. The molecule has 1 fully saturated rings. The number of rotatable bonds is 11. The largest absolute Gasteiger partial charge is 0.496 e. The van der Waals surface area contributed by atoms with Crippen molar-refractivity contribution in [2.45, 2.75) is 44.0 Å². The molecule has 0 atom stereocenters. The Morgan fingerprint density at radius 2 is 1.89 bits per heavy atom. The second-order valence-electron chi connectivity index (χ2n) is 8.33. The summed E-state index contributed by atoms with van der Waals surface area (Å²) in [6, 6.07) is 12.1. The molecule has 4 rings (SSSR count). The minimum absolute atomic E-state index is 0.0867. The monoisotopic (exact) mass is 514 g/mol. The molecule has 1 aliphatic rings. The lowest BCUT2D eigenvalue weighted by atomic mass is 10.1. The van der Waals surface area contributed by atoms with E-state index in [1.165, 1.54) is 11.4 Å². The van der Waals surface area contributed by atoms with Crippen LogP contribution in [0.2, 0.25) is 0 Å². The van der Waals surface area contributed by atoms with Gasteiger partial charge in [0.25, 0.3) is 0 Å². The number of methoxy groups -OCH3 is 1. The number of aryl methyl sites for hydroxylation is 1. The van der Waals surface area contributed by atoms with Crippen molar-refractivity contribution in [1.29, 1.82) is 0 Å². The normalized spacial score (nSPS) is 14.1. The van der Waals surface area contributed by atoms with Crippen LogP contribution < -0.4 is 14.8 Å². The predicted molar refractivity (Wildman–Crippen MR) is 132 cm³/mol. The van der Waals surface area contributed by atoms with E-state index in [0.717, 1.165) is 24.2 Å². The third kappa shape index (κ3) is 6.03. The first kappa shape index (κ1) is 25.6. The summed E-state index contributed by atoms with van der Waals surface area (Å²) in [7, 11) is -2.04. The molecular weight excluding hydrogens is 484 g/mol. The van der Waals surface area contributed by atoms with Crippen molar-refractivity contribution in [2.24, 2.45) is 0 Å². The van der Waals surface area contributed by atoms with E-state index in [-0.39, 0.29) is 29.7 Å². The summed E-state index contributed by atoms with van der Waals surface area (Å²) >= 11 is 0. The highest BCUT2D eigenvalue weighted by Crippen LogP contribution is 2.27. The molecule has 0 saturated carbocycles. The lowest BCUT2D eigenvalue weighted by Crippen LogP contribution is -2.28. The maximum Gasteiger partial charge on any atom is 0.246 e. The van der Waals surface area contributed by atoms with E-state index >= 15 is 0 Å². The highest BCUT2D eigenvalue weighted by Gasteiger charge is 2.27. The second kappa shape index (κ2) is 11.5. The highest BCUT2D eigenvalue weighted by molar-refractivity contribution is 7.89. The zero-order valence-electron chi connectivity index (χ0n) is 20.4. The summed E-state index contributed by atoms with van der Waals surface area (Å²) in [6.07, 6.45) is 2.19. The fraction of sp³-hybridized carbons (Fsp3) is 0.400. The van der Waals surface area contributed by atoms with E-state index in [0.29, 0.717) is 43.3 Å². The van der Waals surface area contributed by atoms with Crippen LogP contribution in [-0.2, 0) is 27.8 Å². The molecule has 1 aromatic heterocycles. The quantitative estimate of drug-likeness (QED) is 0.414. The molecule has 0 unspecified atom stereocenters. The molecule has 1 N–H and O–H groups in total. The van der Waals surface area contributed by atoms with Crippen molar-refractivity contribution in [2.75, 3.05) is 26.8 Å². The number of ether oxygens (including phenoxy) is 2. The van der Waals surface area contributed by atoms with Crippen LogP contribution in [0.1, 0.15) is 37.6 Å². The van der Waals surface area contributed by atoms with Gasteiger partial charge in [-0.1, -0.05) is 5.16 Å². The number of benzene rings is 2. The Bertz CT molecular complexity index is 1280. The molecule has 3 aromatic rings. The smallest absolute Gasteiger partial charge is 0.246 e. The number of sulfonamides is 1. The van der Waals surface area contributed by atoms with Crippen LogP contribution in [0.15, 0.2) is 51.9 Å². The van der Waals surface area contributed by atoms with E-state index in [4.69, 9.17) is 14.0 Å². The van der Waals surface area contributed by atoms with Crippen molar-refractivity contribution in [3.05, 3.63) is 53.9 Å². The molecule has 0 aliphatic carbocycles. The molecule has 2 aromatic carbocycles. The minimum Gasteiger partial charge on any atom is -0.496 e. The average molecular weight is 515 g/mol. The van der Waals surface area contributed by atoms with Gasteiger partial charge in [0.15, 0.2) is 0 Å². The lowest BCUT2D eigenvalue weighted by Gasteiger charge is -2.17. The van der Waals surface area contributed by atoms with Gasteiger partial charge in [-0.05, 0) is 74.2 Å². The third-order valence-corrected chi connectivity index (χ3v) is 7.80. The molecule has 2 heterocycles. The van der Waals surface area contributed by atoms with Crippen molar-refractivity contribution >= 4 is 15.9 Å². The molecule has 0 bridgehead atoms. The zero-order valence-corrected chi connectivity index (χ0v) is 21.2. The SMILES string of the molecule is CCOc1ccc(-c2noc(CNC(=O)CCc3cc(S(=O)(=O)N4CCCC4)ccc3OC)n2)cc1.